The highest BCUT2D eigenvalue weighted by molar-refractivity contribution is 5.94. The Morgan fingerprint density at radius 2 is 1.84 bits per heavy atom. The van der Waals surface area contributed by atoms with E-state index in [4.69, 9.17) is 4.74 Å². The summed E-state index contributed by atoms with van der Waals surface area (Å²) in [5.41, 5.74) is 1.42. The predicted molar refractivity (Wildman–Crippen MR) is 98.8 cm³/mol. The van der Waals surface area contributed by atoms with Gasteiger partial charge in [0.25, 0.3) is 5.91 Å². The van der Waals surface area contributed by atoms with Crippen LogP contribution in [-0.4, -0.2) is 56.6 Å². The number of amides is 2. The van der Waals surface area contributed by atoms with Crippen LogP contribution in [0.2, 0.25) is 0 Å². The number of carbonyl (C=O) groups excluding carboxylic acids is 2. The Labute approximate surface area is 149 Å². The minimum atomic E-state index is -0.128. The molecule has 138 valence electrons. The van der Waals surface area contributed by atoms with E-state index in [1.54, 1.807) is 19.2 Å². The van der Waals surface area contributed by atoms with Crippen molar-refractivity contribution in [3.05, 3.63) is 29.8 Å². The summed E-state index contributed by atoms with van der Waals surface area (Å²) in [5.74, 6) is -0.0232. The predicted octanol–water partition coefficient (Wildman–Crippen LogP) is 2.27. The van der Waals surface area contributed by atoms with Crippen LogP contribution in [0.15, 0.2) is 24.3 Å². The van der Waals surface area contributed by atoms with Crippen LogP contribution in [0, 0.1) is 0 Å². The lowest BCUT2D eigenvalue weighted by Crippen LogP contribution is -2.41. The normalized spacial score (nSPS) is 14.8. The molecule has 1 aromatic carbocycles. The highest BCUT2D eigenvalue weighted by Crippen LogP contribution is 2.21. The first-order chi connectivity index (χ1) is 12.1. The number of benzene rings is 1. The van der Waals surface area contributed by atoms with Gasteiger partial charge in [-0.1, -0.05) is 19.3 Å². The van der Waals surface area contributed by atoms with Gasteiger partial charge >= 0.3 is 0 Å². The number of likely N-dealkylation sites (N-methyl/N-ethyl adjacent to an activating group) is 1. The van der Waals surface area contributed by atoms with E-state index in [0.717, 1.165) is 18.5 Å². The van der Waals surface area contributed by atoms with Gasteiger partial charge < -0.3 is 20.3 Å². The summed E-state index contributed by atoms with van der Waals surface area (Å²) in [6, 6.07) is 7.51. The lowest BCUT2D eigenvalue weighted by Gasteiger charge is -2.31. The number of hydrogen-bond acceptors (Lipinski definition) is 4. The molecule has 1 aliphatic carbocycles. The Balaban J connectivity index is 1.78. The average molecular weight is 347 g/mol. The van der Waals surface area contributed by atoms with Crippen LogP contribution in [-0.2, 0) is 9.53 Å². The fourth-order valence-corrected chi connectivity index (χ4v) is 3.08. The summed E-state index contributed by atoms with van der Waals surface area (Å²) in [5, 5.41) is 5.92. The van der Waals surface area contributed by atoms with Crippen LogP contribution in [0.1, 0.15) is 42.5 Å². The summed E-state index contributed by atoms with van der Waals surface area (Å²) in [6.45, 7) is 1.24. The van der Waals surface area contributed by atoms with Crippen molar-refractivity contribution in [2.75, 3.05) is 39.2 Å². The van der Waals surface area contributed by atoms with Gasteiger partial charge in [0.2, 0.25) is 5.91 Å². The van der Waals surface area contributed by atoms with Crippen molar-refractivity contribution in [3.8, 4) is 0 Å². The molecule has 0 aromatic heterocycles. The van der Waals surface area contributed by atoms with Crippen LogP contribution in [0.5, 0.6) is 0 Å². The standard InChI is InChI=1S/C19H29N3O3/c1-22(17-6-4-3-5-7-17)18(23)14-21-16-10-8-15(9-11-16)19(24)20-12-13-25-2/h8-11,17,21H,3-7,12-14H2,1-2H3,(H,20,24). The largest absolute Gasteiger partial charge is 0.383 e. The van der Waals surface area contributed by atoms with Crippen LogP contribution < -0.4 is 10.6 Å². The van der Waals surface area contributed by atoms with Gasteiger partial charge in [0, 0.05) is 38.0 Å². The van der Waals surface area contributed by atoms with Crippen molar-refractivity contribution in [2.24, 2.45) is 0 Å². The van der Waals surface area contributed by atoms with Crippen molar-refractivity contribution < 1.29 is 14.3 Å². The van der Waals surface area contributed by atoms with Crippen LogP contribution in [0.25, 0.3) is 0 Å². The van der Waals surface area contributed by atoms with Crippen LogP contribution in [0.3, 0.4) is 0 Å². The number of anilines is 1. The molecular weight excluding hydrogens is 318 g/mol. The highest BCUT2D eigenvalue weighted by Gasteiger charge is 2.21. The summed E-state index contributed by atoms with van der Waals surface area (Å²) in [4.78, 5) is 26.1. The first-order valence-corrected chi connectivity index (χ1v) is 8.98. The number of hydrogen-bond donors (Lipinski definition) is 2. The van der Waals surface area contributed by atoms with Crippen molar-refractivity contribution in [3.63, 3.8) is 0 Å². The number of rotatable bonds is 8. The van der Waals surface area contributed by atoms with Gasteiger partial charge in [0.05, 0.1) is 13.2 Å². The molecule has 0 aliphatic heterocycles. The Bertz CT molecular complexity index is 554. The fourth-order valence-electron chi connectivity index (χ4n) is 3.08. The first kappa shape index (κ1) is 19.2. The molecular formula is C19H29N3O3. The third kappa shape index (κ3) is 6.05. The molecule has 1 aliphatic rings. The summed E-state index contributed by atoms with van der Waals surface area (Å²) in [6.07, 6.45) is 5.92. The molecule has 1 fully saturated rings. The van der Waals surface area contributed by atoms with E-state index in [-0.39, 0.29) is 18.4 Å². The summed E-state index contributed by atoms with van der Waals surface area (Å²) < 4.78 is 4.90. The van der Waals surface area contributed by atoms with E-state index in [2.05, 4.69) is 10.6 Å². The molecule has 0 radical (unpaired) electrons. The van der Waals surface area contributed by atoms with Gasteiger partial charge in [-0.25, -0.2) is 0 Å². The SMILES string of the molecule is COCCNC(=O)c1ccc(NCC(=O)N(C)C2CCCCC2)cc1. The molecule has 2 amide bonds. The quantitative estimate of drug-likeness (QED) is 0.708. The summed E-state index contributed by atoms with van der Waals surface area (Å²) >= 11 is 0. The minimum Gasteiger partial charge on any atom is -0.383 e. The molecule has 1 aromatic rings. The first-order valence-electron chi connectivity index (χ1n) is 8.98. The fraction of sp³-hybridized carbons (Fsp3) is 0.579. The van der Waals surface area contributed by atoms with Crippen molar-refractivity contribution in [1.82, 2.24) is 10.2 Å². The third-order valence-corrected chi connectivity index (χ3v) is 4.70. The monoisotopic (exact) mass is 347 g/mol. The molecule has 0 heterocycles. The number of carbonyl (C=O) groups is 2. The molecule has 2 N–H and O–H groups in total. The second-order valence-electron chi connectivity index (χ2n) is 6.48. The minimum absolute atomic E-state index is 0.105. The van der Waals surface area contributed by atoms with E-state index < -0.39 is 0 Å². The Morgan fingerprint density at radius 3 is 2.48 bits per heavy atom. The maximum absolute atomic E-state index is 12.3. The molecule has 6 heteroatoms. The zero-order chi connectivity index (χ0) is 18.1. The lowest BCUT2D eigenvalue weighted by molar-refractivity contribution is -0.130. The Morgan fingerprint density at radius 1 is 1.16 bits per heavy atom. The third-order valence-electron chi connectivity index (χ3n) is 4.70. The zero-order valence-corrected chi connectivity index (χ0v) is 15.2. The van der Waals surface area contributed by atoms with Crippen molar-refractivity contribution in [1.29, 1.82) is 0 Å². The smallest absolute Gasteiger partial charge is 0.251 e. The van der Waals surface area contributed by atoms with E-state index in [9.17, 15) is 9.59 Å². The molecule has 0 saturated heterocycles. The number of nitrogens with one attached hydrogen (secondary N) is 2. The topological polar surface area (TPSA) is 70.7 Å². The van der Waals surface area contributed by atoms with E-state index in [1.807, 2.05) is 24.1 Å². The van der Waals surface area contributed by atoms with Crippen molar-refractivity contribution in [2.45, 2.75) is 38.1 Å². The molecule has 6 nitrogen and oxygen atoms in total. The van der Waals surface area contributed by atoms with Crippen LogP contribution >= 0.6 is 0 Å². The second-order valence-corrected chi connectivity index (χ2v) is 6.48. The lowest BCUT2D eigenvalue weighted by atomic mass is 9.94. The van der Waals surface area contributed by atoms with Crippen molar-refractivity contribution >= 4 is 17.5 Å². The Kier molecular flexibility index (Phi) is 7.73. The molecule has 0 unspecified atom stereocenters. The Hall–Kier alpha value is -2.08. The maximum Gasteiger partial charge on any atom is 0.251 e. The molecule has 2 rings (SSSR count). The van der Waals surface area contributed by atoms with Gasteiger partial charge in [-0.15, -0.1) is 0 Å². The van der Waals surface area contributed by atoms with Gasteiger partial charge in [-0.3, -0.25) is 9.59 Å². The molecule has 25 heavy (non-hydrogen) atoms. The van der Waals surface area contributed by atoms with E-state index in [0.29, 0.717) is 24.8 Å². The average Bonchev–Trinajstić information content (AvgIpc) is 2.66. The second kappa shape index (κ2) is 10.0. The number of ether oxygens (including phenoxy) is 1. The highest BCUT2D eigenvalue weighted by atomic mass is 16.5. The van der Waals surface area contributed by atoms with Gasteiger partial charge in [0.1, 0.15) is 0 Å². The maximum atomic E-state index is 12.3. The van der Waals surface area contributed by atoms with Crippen LogP contribution in [0.4, 0.5) is 5.69 Å². The molecule has 0 spiro atoms. The van der Waals surface area contributed by atoms with Gasteiger partial charge in [0.15, 0.2) is 0 Å². The van der Waals surface area contributed by atoms with Gasteiger partial charge in [-0.2, -0.15) is 0 Å². The zero-order valence-electron chi connectivity index (χ0n) is 15.2. The van der Waals surface area contributed by atoms with E-state index in [1.165, 1.54) is 19.3 Å². The summed E-state index contributed by atoms with van der Waals surface area (Å²) in [7, 11) is 3.49. The van der Waals surface area contributed by atoms with E-state index >= 15 is 0 Å². The number of methoxy groups -OCH3 is 1. The molecule has 0 atom stereocenters. The number of nitrogens with zero attached hydrogens (tertiary/aromatic N) is 1. The molecule has 1 saturated carbocycles. The van der Waals surface area contributed by atoms with Gasteiger partial charge in [-0.05, 0) is 37.1 Å². The molecule has 0 bridgehead atoms.